The third-order valence-corrected chi connectivity index (χ3v) is 28.9. The predicted octanol–water partition coefficient (Wildman–Crippen LogP) is 19.8. The van der Waals surface area contributed by atoms with E-state index in [2.05, 4.69) is 305 Å². The maximum absolute atomic E-state index is 6.52. The van der Waals surface area contributed by atoms with E-state index in [9.17, 15) is 0 Å². The van der Waals surface area contributed by atoms with Crippen molar-refractivity contribution in [2.75, 3.05) is 41.3 Å². The fourth-order valence-corrected chi connectivity index (χ4v) is 27.3. The van der Waals surface area contributed by atoms with Gasteiger partial charge in [0.1, 0.15) is 0 Å². The summed E-state index contributed by atoms with van der Waals surface area (Å²) in [6.45, 7) is 35.8. The first-order valence-electron chi connectivity index (χ1n) is 37.4. The van der Waals surface area contributed by atoms with Crippen molar-refractivity contribution in [3.05, 3.63) is 283 Å². The van der Waals surface area contributed by atoms with Crippen molar-refractivity contribution in [3.63, 3.8) is 0 Å². The minimum atomic E-state index is -1.75. The van der Waals surface area contributed by atoms with Gasteiger partial charge in [-0.15, -0.1) is 0 Å². The van der Waals surface area contributed by atoms with Crippen LogP contribution in [0.5, 0.6) is 46.0 Å². The summed E-state index contributed by atoms with van der Waals surface area (Å²) < 4.78 is 50.7. The molecule has 12 aromatic carbocycles. The average Bonchev–Trinajstić information content (AvgIpc) is 1.42. The molecule has 0 amide bonds. The molecule has 0 atom stereocenters. The molecule has 0 unspecified atom stereocenters. The number of hydrogen-bond donors (Lipinski definition) is 1. The van der Waals surface area contributed by atoms with E-state index in [1.54, 1.807) is 0 Å². The molecule has 0 saturated carbocycles. The van der Waals surface area contributed by atoms with Crippen molar-refractivity contribution in [3.8, 4) is 68.2 Å². The zero-order chi connectivity index (χ0) is 81.5. The summed E-state index contributed by atoms with van der Waals surface area (Å²) in [7, 11) is 24.3. The third-order valence-electron chi connectivity index (χ3n) is 19.2. The quantitative estimate of drug-likeness (QED) is 0.0851. The summed E-state index contributed by atoms with van der Waals surface area (Å²) in [4.78, 5) is 0. The van der Waals surface area contributed by atoms with Gasteiger partial charge in [0.15, 0.2) is 46.0 Å². The van der Waals surface area contributed by atoms with Crippen molar-refractivity contribution in [1.29, 1.82) is 0 Å². The fourth-order valence-electron chi connectivity index (χ4n) is 15.9. The zero-order valence-corrected chi connectivity index (χ0v) is 78.4. The van der Waals surface area contributed by atoms with E-state index >= 15 is 0 Å². The number of hydrogen-bond acceptors (Lipinski definition) is 8. The Bertz CT molecular complexity index is 4530. The van der Waals surface area contributed by atoms with Gasteiger partial charge in [0.05, 0.1) is 14.1 Å². The monoisotopic (exact) mass is 1870 g/mol. The van der Waals surface area contributed by atoms with E-state index in [4.69, 9.17) is 86.4 Å². The molecular formula is C94H96Cl5NO8P4Ru2. The first kappa shape index (κ1) is 86.7. The van der Waals surface area contributed by atoms with E-state index < -0.39 is 44.7 Å². The number of ether oxygens (including phenoxy) is 8. The standard InChI is InChI=1S/2C46H44O4P2.C2H7N.5ClH.2Ru/c2*1-27-13-28(2)18-35(17-27)51(36-19-29(3)14-30(4)20-36)41-11-9-39-45(49-25-47-39)43(41)44-42(12-10-40-46(44)50-26-48-40)52(37-21-31(5)15-32(6)22-37)38-23-33(7)16-34(8)24-38;1-3-2;;;;;;;/h2*9-24H,25-26H2,1-8H3;3H,1-2H3;5*1H;;/q;;;;;;;;2*+2/p-4. The van der Waals surface area contributed by atoms with Crippen LogP contribution in [0, 0.1) is 111 Å². The predicted molar refractivity (Wildman–Crippen MR) is 482 cm³/mol. The molecule has 114 heavy (non-hydrogen) atoms. The summed E-state index contributed by atoms with van der Waals surface area (Å²) in [5, 5.41) is 17.2. The molecular weight excluding hydrogens is 1770 g/mol. The maximum atomic E-state index is 6.52. The van der Waals surface area contributed by atoms with E-state index in [1.807, 2.05) is 19.4 Å². The molecule has 4 aliphatic rings. The van der Waals surface area contributed by atoms with Crippen LogP contribution in [0.3, 0.4) is 0 Å². The molecule has 12 aromatic rings. The Kier molecular flexibility index (Phi) is 29.6. The van der Waals surface area contributed by atoms with E-state index in [0.717, 1.165) is 68.2 Å². The molecule has 0 radical (unpaired) electrons. The number of halogens is 5. The van der Waals surface area contributed by atoms with Gasteiger partial charge in [-0.05, 0) is 255 Å². The molecule has 596 valence electrons. The summed E-state index contributed by atoms with van der Waals surface area (Å²) in [5.74, 6) is 6.05. The number of fused-ring (bicyclic) bond motifs is 4. The van der Waals surface area contributed by atoms with Crippen LogP contribution in [0.1, 0.15) is 89.0 Å². The zero-order valence-electron chi connectivity index (χ0n) is 67.5. The fraction of sp³-hybridized carbons (Fsp3) is 0.234. The van der Waals surface area contributed by atoms with Gasteiger partial charge in [-0.2, -0.15) is 0 Å². The Balaban J connectivity index is 0.000000189. The van der Waals surface area contributed by atoms with Gasteiger partial charge in [-0.3, -0.25) is 0 Å². The van der Waals surface area contributed by atoms with Crippen LogP contribution in [0.25, 0.3) is 22.3 Å². The second-order valence-corrected chi connectivity index (χ2v) is 49.0. The topological polar surface area (TPSA) is 90.5 Å². The summed E-state index contributed by atoms with van der Waals surface area (Å²) in [5.41, 5.74) is 24.1. The van der Waals surface area contributed by atoms with Gasteiger partial charge >= 0.3 is 76.6 Å². The second-order valence-electron chi connectivity index (χ2n) is 29.7. The Labute approximate surface area is 712 Å². The van der Waals surface area contributed by atoms with Crippen LogP contribution in [-0.4, -0.2) is 41.3 Å². The molecule has 0 spiro atoms. The molecule has 0 bridgehead atoms. The number of nitrogens with two attached hydrogens (primary N) is 1. The van der Waals surface area contributed by atoms with Crippen LogP contribution in [0.2, 0.25) is 0 Å². The molecule has 0 fully saturated rings. The normalized spacial score (nSPS) is 12.6. The van der Waals surface area contributed by atoms with Crippen molar-refractivity contribution in [2.24, 2.45) is 0 Å². The molecule has 2 N–H and O–H groups in total. The summed E-state index contributed by atoms with van der Waals surface area (Å²) in [6.07, 6.45) is 0. The Hall–Kier alpha value is -6.58. The molecule has 20 heteroatoms. The molecule has 0 aliphatic carbocycles. The van der Waals surface area contributed by atoms with Gasteiger partial charge in [-0.1, -0.05) is 235 Å². The summed E-state index contributed by atoms with van der Waals surface area (Å²) >= 11 is -2.10. The number of benzene rings is 12. The van der Waals surface area contributed by atoms with Crippen LogP contribution in [0.4, 0.5) is 0 Å². The van der Waals surface area contributed by atoms with Crippen molar-refractivity contribution in [1.82, 2.24) is 0 Å². The first-order valence-corrected chi connectivity index (χ1v) is 54.0. The van der Waals surface area contributed by atoms with E-state index in [-0.39, 0.29) is 42.3 Å². The van der Waals surface area contributed by atoms with Crippen LogP contribution < -0.4 is 107 Å². The molecule has 4 aliphatic heterocycles. The van der Waals surface area contributed by atoms with Gasteiger partial charge in [0, 0.05) is 22.3 Å². The second kappa shape index (κ2) is 38.9. The van der Waals surface area contributed by atoms with Gasteiger partial charge in [-0.25, -0.2) is 0 Å². The molecule has 4 heterocycles. The van der Waals surface area contributed by atoms with Crippen LogP contribution in [0.15, 0.2) is 194 Å². The van der Waals surface area contributed by atoms with E-state index in [0.29, 0.717) is 0 Å². The van der Waals surface area contributed by atoms with E-state index in [1.165, 1.54) is 153 Å². The Morgan fingerprint density at radius 2 is 0.368 bits per heavy atom. The molecule has 0 saturated heterocycles. The molecule has 9 nitrogen and oxygen atoms in total. The number of rotatable bonds is 14. The van der Waals surface area contributed by atoms with Crippen molar-refractivity contribution in [2.45, 2.75) is 111 Å². The van der Waals surface area contributed by atoms with Gasteiger partial charge in [0.25, 0.3) is 0 Å². The SMILES string of the molecule is C[NH2+]C.Cc1cc(C)cc(P(c2cc(C)cc(C)c2)c2ccc3c(c2-c2c(P(c4cc(C)cc(C)c4)c4cc(C)cc(C)c4)ccc4c2OCO4)OCO3)c1.Cc1cc(C)cc(P(c2cc(C)cc(C)c2)c2ccc3c(c2-c2c(P(c4cc(C)cc(C)c4)c4cc(C)cc(C)c4)ccc4c2OCO4)OCO3)c1.[Cl][Ru-]([Cl])[Cl].[Cl][Ru][Cl]. The molecule has 16 rings (SSSR count). The summed E-state index contributed by atoms with van der Waals surface area (Å²) in [6, 6.07) is 73.3. The van der Waals surface area contributed by atoms with Crippen molar-refractivity contribution >= 4 is 144 Å². The van der Waals surface area contributed by atoms with Gasteiger partial charge < -0.3 is 43.2 Å². The average molecular weight is 1870 g/mol. The Morgan fingerprint density at radius 1 is 0.246 bits per heavy atom. The molecule has 0 aromatic heterocycles. The third kappa shape index (κ3) is 20.4. The van der Waals surface area contributed by atoms with Gasteiger partial charge in [0.2, 0.25) is 27.2 Å². The number of aryl methyl sites for hydroxylation is 16. The Morgan fingerprint density at radius 3 is 0.491 bits per heavy atom. The first-order chi connectivity index (χ1) is 54.6. The van der Waals surface area contributed by atoms with Crippen LogP contribution in [-0.2, 0) is 28.1 Å². The van der Waals surface area contributed by atoms with Crippen LogP contribution >= 0.6 is 80.1 Å². The minimum absolute atomic E-state index is 0.168. The number of quaternary nitrogens is 1. The van der Waals surface area contributed by atoms with Crippen molar-refractivity contribution < 1.29 is 71.3 Å².